The van der Waals surface area contributed by atoms with E-state index in [2.05, 4.69) is 11.4 Å². The molecule has 0 radical (unpaired) electrons. The van der Waals surface area contributed by atoms with E-state index in [-0.39, 0.29) is 5.56 Å². The van der Waals surface area contributed by atoms with Crippen molar-refractivity contribution < 1.29 is 0 Å². The van der Waals surface area contributed by atoms with Crippen LogP contribution in [0.3, 0.4) is 0 Å². The van der Waals surface area contributed by atoms with E-state index in [1.165, 1.54) is 12.1 Å². The van der Waals surface area contributed by atoms with Gasteiger partial charge in [0.05, 0.1) is 5.56 Å². The SMILES string of the molecule is O=c1c(-c2cccs2)ccc2n1C[C@H]1CNC[C@H]2C1. The number of thiophene rings is 1. The standard InChI is InChI=1S/C15H16N2OS/c18-15-12(14-2-1-5-19-14)3-4-13-11-6-10(7-16-8-11)9-17(13)15/h1-5,10-11,16H,6-9H2/t10-,11-/m1/s1. The third-order valence-corrected chi connectivity index (χ3v) is 5.20. The normalized spacial score (nSPS) is 25.1. The Hall–Kier alpha value is -1.39. The van der Waals surface area contributed by atoms with Gasteiger partial charge in [-0.1, -0.05) is 6.07 Å². The molecule has 0 amide bonds. The van der Waals surface area contributed by atoms with Crippen molar-refractivity contribution in [2.75, 3.05) is 13.1 Å². The lowest BCUT2D eigenvalue weighted by atomic mass is 9.84. The topological polar surface area (TPSA) is 34.0 Å². The van der Waals surface area contributed by atoms with Gasteiger partial charge < -0.3 is 9.88 Å². The fourth-order valence-electron chi connectivity index (χ4n) is 3.41. The summed E-state index contributed by atoms with van der Waals surface area (Å²) in [4.78, 5) is 13.8. The Bertz CT molecular complexity index is 659. The first-order valence-electron chi connectivity index (χ1n) is 6.81. The van der Waals surface area contributed by atoms with Crippen molar-refractivity contribution in [3.05, 3.63) is 45.7 Å². The highest BCUT2D eigenvalue weighted by molar-refractivity contribution is 7.13. The van der Waals surface area contributed by atoms with Crippen molar-refractivity contribution in [2.45, 2.75) is 18.9 Å². The molecule has 19 heavy (non-hydrogen) atoms. The Kier molecular flexibility index (Phi) is 2.60. The second-order valence-electron chi connectivity index (χ2n) is 5.52. The van der Waals surface area contributed by atoms with Crippen LogP contribution in [0.15, 0.2) is 34.4 Å². The summed E-state index contributed by atoms with van der Waals surface area (Å²) in [6.45, 7) is 2.93. The molecule has 0 aliphatic carbocycles. The lowest BCUT2D eigenvalue weighted by Crippen LogP contribution is -2.45. The van der Waals surface area contributed by atoms with E-state index in [4.69, 9.17) is 0 Å². The smallest absolute Gasteiger partial charge is 0.259 e. The highest BCUT2D eigenvalue weighted by Gasteiger charge is 2.31. The van der Waals surface area contributed by atoms with Crippen LogP contribution in [0.4, 0.5) is 0 Å². The van der Waals surface area contributed by atoms with Crippen molar-refractivity contribution in [3.8, 4) is 10.4 Å². The van der Waals surface area contributed by atoms with Gasteiger partial charge in [0.25, 0.3) is 5.56 Å². The molecule has 1 N–H and O–H groups in total. The van der Waals surface area contributed by atoms with Gasteiger partial charge in [0.1, 0.15) is 0 Å². The maximum absolute atomic E-state index is 12.7. The van der Waals surface area contributed by atoms with Gasteiger partial charge in [0, 0.05) is 29.6 Å². The quantitative estimate of drug-likeness (QED) is 0.864. The Morgan fingerprint density at radius 1 is 1.26 bits per heavy atom. The van der Waals surface area contributed by atoms with E-state index >= 15 is 0 Å². The number of piperidine rings is 1. The van der Waals surface area contributed by atoms with Crippen LogP contribution in [0, 0.1) is 5.92 Å². The molecule has 4 heterocycles. The summed E-state index contributed by atoms with van der Waals surface area (Å²) in [6.07, 6.45) is 1.23. The molecule has 0 aromatic carbocycles. The van der Waals surface area contributed by atoms with E-state index in [1.54, 1.807) is 11.3 Å². The summed E-state index contributed by atoms with van der Waals surface area (Å²) < 4.78 is 2.02. The minimum atomic E-state index is 0.191. The number of aromatic nitrogens is 1. The predicted octanol–water partition coefficient (Wildman–Crippen LogP) is 2.28. The summed E-state index contributed by atoms with van der Waals surface area (Å²) in [5.74, 6) is 1.13. The van der Waals surface area contributed by atoms with Gasteiger partial charge in [-0.15, -0.1) is 11.3 Å². The van der Waals surface area contributed by atoms with Gasteiger partial charge in [-0.05, 0) is 42.5 Å². The number of rotatable bonds is 1. The monoisotopic (exact) mass is 272 g/mol. The van der Waals surface area contributed by atoms with E-state index < -0.39 is 0 Å². The number of fused-ring (bicyclic) bond motifs is 4. The van der Waals surface area contributed by atoms with Crippen LogP contribution in [0.2, 0.25) is 0 Å². The summed E-state index contributed by atoms with van der Waals surface area (Å²) in [7, 11) is 0. The Morgan fingerprint density at radius 3 is 3.05 bits per heavy atom. The van der Waals surface area contributed by atoms with Crippen LogP contribution in [0.25, 0.3) is 10.4 Å². The summed E-state index contributed by atoms with van der Waals surface area (Å²) in [6, 6.07) is 8.20. The van der Waals surface area contributed by atoms with Crippen molar-refractivity contribution in [1.82, 2.24) is 9.88 Å². The maximum Gasteiger partial charge on any atom is 0.259 e. The Balaban J connectivity index is 1.88. The molecule has 4 heteroatoms. The first-order valence-corrected chi connectivity index (χ1v) is 7.69. The van der Waals surface area contributed by atoms with Gasteiger partial charge in [0.15, 0.2) is 0 Å². The molecular formula is C15H16N2OS. The van der Waals surface area contributed by atoms with Crippen LogP contribution in [0.1, 0.15) is 18.0 Å². The van der Waals surface area contributed by atoms with Gasteiger partial charge in [-0.2, -0.15) is 0 Å². The average molecular weight is 272 g/mol. The molecule has 2 aromatic heterocycles. The minimum Gasteiger partial charge on any atom is -0.316 e. The van der Waals surface area contributed by atoms with E-state index in [9.17, 15) is 4.79 Å². The molecule has 4 rings (SSSR count). The molecule has 1 fully saturated rings. The zero-order valence-corrected chi connectivity index (χ0v) is 11.5. The summed E-state index contributed by atoms with van der Waals surface area (Å²) in [5.41, 5.74) is 2.26. The minimum absolute atomic E-state index is 0.191. The van der Waals surface area contributed by atoms with E-state index in [0.717, 1.165) is 30.1 Å². The highest BCUT2D eigenvalue weighted by atomic mass is 32.1. The molecule has 98 valence electrons. The zero-order chi connectivity index (χ0) is 12.8. The first kappa shape index (κ1) is 11.4. The highest BCUT2D eigenvalue weighted by Crippen LogP contribution is 2.33. The second-order valence-corrected chi connectivity index (χ2v) is 6.47. The lowest BCUT2D eigenvalue weighted by molar-refractivity contribution is 0.257. The summed E-state index contributed by atoms with van der Waals surface area (Å²) >= 11 is 1.64. The molecule has 2 bridgehead atoms. The van der Waals surface area contributed by atoms with Crippen LogP contribution >= 0.6 is 11.3 Å². The third kappa shape index (κ3) is 1.78. The maximum atomic E-state index is 12.7. The van der Waals surface area contributed by atoms with E-state index in [1.807, 2.05) is 28.1 Å². The van der Waals surface area contributed by atoms with Gasteiger partial charge in [0.2, 0.25) is 0 Å². The molecule has 2 aromatic rings. The molecule has 2 aliphatic rings. The number of hydrogen-bond donors (Lipinski definition) is 1. The molecule has 0 unspecified atom stereocenters. The molecule has 1 saturated heterocycles. The van der Waals surface area contributed by atoms with Gasteiger partial charge >= 0.3 is 0 Å². The van der Waals surface area contributed by atoms with E-state index in [0.29, 0.717) is 11.8 Å². The molecule has 2 atom stereocenters. The van der Waals surface area contributed by atoms with Crippen molar-refractivity contribution in [2.24, 2.45) is 5.92 Å². The molecular weight excluding hydrogens is 256 g/mol. The average Bonchev–Trinajstić information content (AvgIpc) is 2.94. The van der Waals surface area contributed by atoms with Crippen LogP contribution in [-0.2, 0) is 6.54 Å². The van der Waals surface area contributed by atoms with Gasteiger partial charge in [-0.25, -0.2) is 0 Å². The number of pyridine rings is 1. The molecule has 3 nitrogen and oxygen atoms in total. The number of nitrogens with zero attached hydrogens (tertiary/aromatic N) is 1. The fraction of sp³-hybridized carbons (Fsp3) is 0.400. The molecule has 2 aliphatic heterocycles. The largest absolute Gasteiger partial charge is 0.316 e. The van der Waals surface area contributed by atoms with Crippen molar-refractivity contribution >= 4 is 11.3 Å². The van der Waals surface area contributed by atoms with Crippen LogP contribution < -0.4 is 10.9 Å². The molecule has 0 saturated carbocycles. The Labute approximate surface area is 115 Å². The molecule has 0 spiro atoms. The van der Waals surface area contributed by atoms with Gasteiger partial charge in [-0.3, -0.25) is 4.79 Å². The predicted molar refractivity (Wildman–Crippen MR) is 77.7 cm³/mol. The Morgan fingerprint density at radius 2 is 2.21 bits per heavy atom. The van der Waals surface area contributed by atoms with Crippen molar-refractivity contribution in [1.29, 1.82) is 0 Å². The lowest BCUT2D eigenvalue weighted by Gasteiger charge is -2.37. The van der Waals surface area contributed by atoms with Crippen molar-refractivity contribution in [3.63, 3.8) is 0 Å². The third-order valence-electron chi connectivity index (χ3n) is 4.30. The first-order chi connectivity index (χ1) is 9.33. The summed E-state index contributed by atoms with van der Waals surface area (Å²) in [5, 5.41) is 5.50. The van der Waals surface area contributed by atoms with Crippen LogP contribution in [-0.4, -0.2) is 17.7 Å². The fourth-order valence-corrected chi connectivity index (χ4v) is 4.15. The van der Waals surface area contributed by atoms with Crippen LogP contribution in [0.5, 0.6) is 0 Å². The zero-order valence-electron chi connectivity index (χ0n) is 10.6. The number of nitrogens with one attached hydrogen (secondary N) is 1. The second kappa shape index (κ2) is 4.32. The number of hydrogen-bond acceptors (Lipinski definition) is 3.